The summed E-state index contributed by atoms with van der Waals surface area (Å²) in [6, 6.07) is 6.14. The fourth-order valence-electron chi connectivity index (χ4n) is 0.842. The Morgan fingerprint density at radius 2 is 1.83 bits per heavy atom. The topological polar surface area (TPSA) is 27.7 Å². The zero-order valence-corrected chi connectivity index (χ0v) is 7.92. The molecule has 1 aromatic rings. The van der Waals surface area contributed by atoms with Gasteiger partial charge in [-0.1, -0.05) is 18.4 Å². The first kappa shape index (κ1) is 10.9. The summed E-state index contributed by atoms with van der Waals surface area (Å²) in [5.74, 6) is 0. The smallest absolute Gasteiger partial charge is 0.168 e. The fraction of sp³-hybridized carbons (Fsp3) is 0.333. The van der Waals surface area contributed by atoms with E-state index in [9.17, 15) is 0 Å². The van der Waals surface area contributed by atoms with E-state index >= 15 is 0 Å². The molecule has 0 unspecified atom stereocenters. The van der Waals surface area contributed by atoms with Crippen molar-refractivity contribution in [2.75, 3.05) is 0 Å². The maximum atomic E-state index is 7.13. The van der Waals surface area contributed by atoms with E-state index in [1.165, 1.54) is 11.8 Å². The lowest BCUT2D eigenvalue weighted by atomic mass is 10.4. The molecule has 0 amide bonds. The molecular formula is C9H12N2S. The van der Waals surface area contributed by atoms with Crippen molar-refractivity contribution >= 4 is 12.6 Å². The normalized spacial score (nSPS) is 7.67. The van der Waals surface area contributed by atoms with Crippen LogP contribution in [0.15, 0.2) is 30.6 Å². The molecule has 64 valence electrons. The zero-order valence-electron chi connectivity index (χ0n) is 7.10. The van der Waals surface area contributed by atoms with Crippen molar-refractivity contribution in [3.8, 4) is 5.40 Å². The number of pyridine rings is 1. The molecule has 3 heteroatoms. The standard InChI is InChI=1S/C8H12N.CHNS/c1-2-6-9-7-4-3-5-8-9;2-1-3/h3-5,7-8H,2,6H2,1H3;3H/q+1;/p-1. The van der Waals surface area contributed by atoms with Gasteiger partial charge in [0.2, 0.25) is 0 Å². The van der Waals surface area contributed by atoms with Crippen LogP contribution < -0.4 is 4.57 Å². The third-order valence-corrected chi connectivity index (χ3v) is 1.26. The first-order valence-electron chi connectivity index (χ1n) is 3.80. The van der Waals surface area contributed by atoms with Gasteiger partial charge < -0.3 is 12.6 Å². The maximum Gasteiger partial charge on any atom is 0.168 e. The Morgan fingerprint density at radius 1 is 1.33 bits per heavy atom. The molecule has 0 N–H and O–H groups in total. The Balaban J connectivity index is 0.000000354. The van der Waals surface area contributed by atoms with Gasteiger partial charge in [-0.15, -0.1) is 0 Å². The van der Waals surface area contributed by atoms with Gasteiger partial charge in [-0.3, -0.25) is 0 Å². The van der Waals surface area contributed by atoms with Gasteiger partial charge in [0.05, 0.1) is 0 Å². The van der Waals surface area contributed by atoms with Crippen molar-refractivity contribution in [1.82, 2.24) is 0 Å². The van der Waals surface area contributed by atoms with Crippen LogP contribution in [-0.4, -0.2) is 0 Å². The summed E-state index contributed by atoms with van der Waals surface area (Å²) >= 11 is 3.70. The Morgan fingerprint density at radius 3 is 2.25 bits per heavy atom. The van der Waals surface area contributed by atoms with Crippen molar-refractivity contribution in [3.05, 3.63) is 30.6 Å². The number of hydrogen-bond donors (Lipinski definition) is 0. The van der Waals surface area contributed by atoms with Gasteiger partial charge in [0.15, 0.2) is 12.4 Å². The molecule has 0 saturated heterocycles. The average Bonchev–Trinajstić information content (AvgIpc) is 2.08. The van der Waals surface area contributed by atoms with Gasteiger partial charge in [-0.25, -0.2) is 9.83 Å². The largest absolute Gasteiger partial charge is 0.696 e. The summed E-state index contributed by atoms with van der Waals surface area (Å²) in [6.07, 6.45) is 5.38. The Hall–Kier alpha value is -1.14. The highest BCUT2D eigenvalue weighted by Gasteiger charge is 1.90. The second-order valence-electron chi connectivity index (χ2n) is 2.20. The second-order valence-corrected chi connectivity index (χ2v) is 2.39. The van der Waals surface area contributed by atoms with Crippen molar-refractivity contribution in [3.63, 3.8) is 0 Å². The summed E-state index contributed by atoms with van der Waals surface area (Å²) in [6.45, 7) is 3.31. The van der Waals surface area contributed by atoms with E-state index in [2.05, 4.69) is 48.6 Å². The number of aryl methyl sites for hydroxylation is 1. The molecule has 0 fully saturated rings. The lowest BCUT2D eigenvalue weighted by molar-refractivity contribution is -0.697. The van der Waals surface area contributed by atoms with Crippen LogP contribution in [0.3, 0.4) is 0 Å². The minimum Gasteiger partial charge on any atom is -0.696 e. The monoisotopic (exact) mass is 180 g/mol. The van der Waals surface area contributed by atoms with E-state index < -0.39 is 0 Å². The van der Waals surface area contributed by atoms with Gasteiger partial charge in [-0.05, 0) is 0 Å². The average molecular weight is 180 g/mol. The molecular weight excluding hydrogens is 168 g/mol. The molecule has 0 bridgehead atoms. The lowest BCUT2D eigenvalue weighted by Gasteiger charge is -1.88. The molecule has 1 heterocycles. The van der Waals surface area contributed by atoms with E-state index in [0.717, 1.165) is 6.54 Å². The summed E-state index contributed by atoms with van der Waals surface area (Å²) in [4.78, 5) is 0. The fourth-order valence-corrected chi connectivity index (χ4v) is 0.842. The van der Waals surface area contributed by atoms with Crippen molar-refractivity contribution in [2.24, 2.45) is 0 Å². The van der Waals surface area contributed by atoms with Gasteiger partial charge in [0, 0.05) is 18.6 Å². The lowest BCUT2D eigenvalue weighted by Crippen LogP contribution is -2.31. The third kappa shape index (κ3) is 5.63. The molecule has 0 aliphatic carbocycles. The third-order valence-electron chi connectivity index (χ3n) is 1.26. The highest BCUT2D eigenvalue weighted by Crippen LogP contribution is 1.78. The molecule has 1 aromatic heterocycles. The van der Waals surface area contributed by atoms with E-state index in [1.807, 2.05) is 6.07 Å². The van der Waals surface area contributed by atoms with Crippen LogP contribution >= 0.6 is 0 Å². The number of nitrogens with zero attached hydrogens (tertiary/aromatic N) is 2. The van der Waals surface area contributed by atoms with Crippen LogP contribution in [0.5, 0.6) is 0 Å². The summed E-state index contributed by atoms with van der Waals surface area (Å²) in [5.41, 5.74) is 0. The quantitative estimate of drug-likeness (QED) is 0.391. The molecule has 0 aliphatic heterocycles. The van der Waals surface area contributed by atoms with Crippen LogP contribution in [0.4, 0.5) is 0 Å². The minimum atomic E-state index is 1.13. The van der Waals surface area contributed by atoms with Crippen molar-refractivity contribution in [1.29, 1.82) is 5.26 Å². The van der Waals surface area contributed by atoms with Crippen LogP contribution in [-0.2, 0) is 19.2 Å². The number of aromatic nitrogens is 1. The highest BCUT2D eigenvalue weighted by atomic mass is 32.1. The summed E-state index contributed by atoms with van der Waals surface area (Å²) in [5, 5.41) is 8.47. The Kier molecular flexibility index (Phi) is 7.21. The van der Waals surface area contributed by atoms with Crippen molar-refractivity contribution in [2.45, 2.75) is 19.9 Å². The Labute approximate surface area is 78.9 Å². The number of nitriles is 1. The first-order chi connectivity index (χ1) is 5.85. The maximum absolute atomic E-state index is 7.13. The SMILES string of the molecule is CCC[n+]1ccccc1.N#C[S-]. The number of rotatable bonds is 2. The molecule has 12 heavy (non-hydrogen) atoms. The van der Waals surface area contributed by atoms with E-state index in [-0.39, 0.29) is 0 Å². The van der Waals surface area contributed by atoms with Crippen molar-refractivity contribution < 1.29 is 4.57 Å². The predicted molar refractivity (Wildman–Crippen MR) is 49.9 cm³/mol. The highest BCUT2D eigenvalue weighted by molar-refractivity contribution is 7.64. The van der Waals surface area contributed by atoms with Crippen LogP contribution in [0, 0.1) is 10.7 Å². The van der Waals surface area contributed by atoms with Gasteiger partial charge in [-0.2, -0.15) is 0 Å². The molecule has 0 spiro atoms. The molecule has 1 rings (SSSR count). The minimum absolute atomic E-state index is 1.13. The van der Waals surface area contributed by atoms with Crippen LogP contribution in [0.1, 0.15) is 13.3 Å². The number of hydrogen-bond acceptors (Lipinski definition) is 2. The summed E-state index contributed by atoms with van der Waals surface area (Å²) in [7, 11) is 0. The molecule has 0 atom stereocenters. The Bertz CT molecular complexity index is 228. The summed E-state index contributed by atoms with van der Waals surface area (Å²) < 4.78 is 2.18. The molecule has 0 radical (unpaired) electrons. The van der Waals surface area contributed by atoms with Gasteiger partial charge in [0.25, 0.3) is 0 Å². The molecule has 0 aliphatic rings. The van der Waals surface area contributed by atoms with Gasteiger partial charge >= 0.3 is 0 Å². The first-order valence-corrected chi connectivity index (χ1v) is 4.21. The van der Waals surface area contributed by atoms with E-state index in [1.54, 1.807) is 0 Å². The van der Waals surface area contributed by atoms with Gasteiger partial charge in [0.1, 0.15) is 6.54 Å². The van der Waals surface area contributed by atoms with Crippen LogP contribution in [0.25, 0.3) is 0 Å². The molecule has 0 aromatic carbocycles. The predicted octanol–water partition coefficient (Wildman–Crippen LogP) is 1.40. The van der Waals surface area contributed by atoms with Crippen LogP contribution in [0.2, 0.25) is 0 Å². The molecule has 0 saturated carbocycles. The second kappa shape index (κ2) is 7.96. The van der Waals surface area contributed by atoms with E-state index in [4.69, 9.17) is 5.26 Å². The molecule has 2 nitrogen and oxygen atoms in total. The zero-order chi connectivity index (χ0) is 9.23. The van der Waals surface area contributed by atoms with E-state index in [0.29, 0.717) is 0 Å². The number of thiocyanates is 1.